The van der Waals surface area contributed by atoms with Gasteiger partial charge in [-0.15, -0.1) is 0 Å². The van der Waals surface area contributed by atoms with Crippen LogP contribution < -0.4 is 20.3 Å². The molecule has 0 aromatic heterocycles. The molecular formula is C23H23BrN4O3. The van der Waals surface area contributed by atoms with Crippen molar-refractivity contribution in [3.05, 3.63) is 63.6 Å². The Hall–Kier alpha value is -2.84. The molecule has 0 bridgehead atoms. The number of nitrogens with one attached hydrogen (secondary N) is 2. The van der Waals surface area contributed by atoms with Gasteiger partial charge in [0.1, 0.15) is 5.75 Å². The van der Waals surface area contributed by atoms with Crippen LogP contribution in [0.5, 0.6) is 5.75 Å². The molecule has 1 unspecified atom stereocenters. The van der Waals surface area contributed by atoms with Crippen LogP contribution in [0.1, 0.15) is 23.6 Å². The van der Waals surface area contributed by atoms with Gasteiger partial charge in [-0.3, -0.25) is 9.69 Å². The molecule has 3 heterocycles. The highest BCUT2D eigenvalue weighted by Gasteiger charge is 2.37. The van der Waals surface area contributed by atoms with Gasteiger partial charge in [-0.2, -0.15) is 0 Å². The van der Waals surface area contributed by atoms with E-state index in [1.807, 2.05) is 47.4 Å². The fourth-order valence-electron chi connectivity index (χ4n) is 4.36. The Labute approximate surface area is 189 Å². The van der Waals surface area contributed by atoms with E-state index in [0.29, 0.717) is 13.1 Å². The van der Waals surface area contributed by atoms with Gasteiger partial charge in [0.05, 0.1) is 42.1 Å². The molecule has 2 aromatic carbocycles. The van der Waals surface area contributed by atoms with Crippen molar-refractivity contribution in [3.63, 3.8) is 0 Å². The zero-order valence-corrected chi connectivity index (χ0v) is 18.7. The second-order valence-corrected chi connectivity index (χ2v) is 8.81. The molecule has 2 aromatic rings. The molecule has 1 atom stereocenters. The predicted octanol–water partition coefficient (Wildman–Crippen LogP) is 3.28. The van der Waals surface area contributed by atoms with Crippen LogP contribution in [0, 0.1) is 0 Å². The molecule has 1 saturated heterocycles. The van der Waals surface area contributed by atoms with Gasteiger partial charge in [0.15, 0.2) is 0 Å². The molecule has 0 saturated carbocycles. The predicted molar refractivity (Wildman–Crippen MR) is 122 cm³/mol. The summed E-state index contributed by atoms with van der Waals surface area (Å²) >= 11 is 3.54. The van der Waals surface area contributed by atoms with E-state index in [1.165, 1.54) is 0 Å². The standard InChI is InChI=1S/C23H23BrN4O3/c1-31-19-8-7-14(11-17(19)24)21-16-12-28(20(29)13-27-9-4-10-27)18-6-3-2-5-15(18)22(16)26-23(30)25-21/h2-3,5-8,11,21H,4,9-10,12-13H2,1H3,(H2,25,26,30). The van der Waals surface area contributed by atoms with Gasteiger partial charge in [-0.25, -0.2) is 4.79 Å². The monoisotopic (exact) mass is 482 g/mol. The first-order chi connectivity index (χ1) is 15.0. The molecule has 0 spiro atoms. The van der Waals surface area contributed by atoms with Crippen molar-refractivity contribution in [2.75, 3.05) is 38.2 Å². The second kappa shape index (κ2) is 8.01. The van der Waals surface area contributed by atoms with Gasteiger partial charge >= 0.3 is 6.03 Å². The first-order valence-electron chi connectivity index (χ1n) is 10.3. The molecule has 3 aliphatic heterocycles. The lowest BCUT2D eigenvalue weighted by Gasteiger charge is -2.40. The summed E-state index contributed by atoms with van der Waals surface area (Å²) in [5, 5.41) is 6.01. The second-order valence-electron chi connectivity index (χ2n) is 7.95. The summed E-state index contributed by atoms with van der Waals surface area (Å²) in [6, 6.07) is 12.9. The van der Waals surface area contributed by atoms with Crippen LogP contribution in [0.15, 0.2) is 52.5 Å². The van der Waals surface area contributed by atoms with Crippen molar-refractivity contribution >= 4 is 39.3 Å². The molecule has 3 amide bonds. The minimum Gasteiger partial charge on any atom is -0.496 e. The average Bonchev–Trinajstić information content (AvgIpc) is 2.75. The molecule has 8 heteroatoms. The highest BCUT2D eigenvalue weighted by molar-refractivity contribution is 9.10. The number of benzene rings is 2. The summed E-state index contributed by atoms with van der Waals surface area (Å²) in [5.41, 5.74) is 4.37. The molecule has 5 rings (SSSR count). The Morgan fingerprint density at radius 2 is 2.03 bits per heavy atom. The number of amides is 3. The van der Waals surface area contributed by atoms with Crippen molar-refractivity contribution in [2.24, 2.45) is 0 Å². The van der Waals surface area contributed by atoms with Crippen molar-refractivity contribution < 1.29 is 14.3 Å². The topological polar surface area (TPSA) is 73.9 Å². The van der Waals surface area contributed by atoms with Crippen LogP contribution >= 0.6 is 15.9 Å². The van der Waals surface area contributed by atoms with E-state index >= 15 is 0 Å². The Morgan fingerprint density at radius 3 is 2.74 bits per heavy atom. The maximum absolute atomic E-state index is 13.2. The van der Waals surface area contributed by atoms with Gasteiger partial charge in [0, 0.05) is 11.1 Å². The summed E-state index contributed by atoms with van der Waals surface area (Å²) in [7, 11) is 1.62. The fourth-order valence-corrected chi connectivity index (χ4v) is 4.92. The zero-order valence-electron chi connectivity index (χ0n) is 17.2. The van der Waals surface area contributed by atoms with Crippen molar-refractivity contribution in [1.82, 2.24) is 15.5 Å². The van der Waals surface area contributed by atoms with E-state index < -0.39 is 0 Å². The normalized spacial score (nSPS) is 20.3. The lowest BCUT2D eigenvalue weighted by Crippen LogP contribution is -2.51. The maximum atomic E-state index is 13.2. The smallest absolute Gasteiger partial charge is 0.320 e. The van der Waals surface area contributed by atoms with Crippen LogP contribution in [0.4, 0.5) is 10.5 Å². The largest absolute Gasteiger partial charge is 0.496 e. The van der Waals surface area contributed by atoms with Crippen LogP contribution in [0.2, 0.25) is 0 Å². The van der Waals surface area contributed by atoms with E-state index in [9.17, 15) is 9.59 Å². The minimum atomic E-state index is -0.348. The number of fused-ring (bicyclic) bond motifs is 2. The number of carbonyl (C=O) groups excluding carboxylic acids is 2. The van der Waals surface area contributed by atoms with Gasteiger partial charge in [0.2, 0.25) is 5.91 Å². The number of anilines is 1. The van der Waals surface area contributed by atoms with E-state index in [0.717, 1.165) is 57.8 Å². The van der Waals surface area contributed by atoms with E-state index in [1.54, 1.807) is 7.11 Å². The van der Waals surface area contributed by atoms with Crippen LogP contribution in [0.25, 0.3) is 5.70 Å². The number of likely N-dealkylation sites (tertiary alicyclic amines) is 1. The SMILES string of the molecule is COc1ccc(C2NC(=O)NC3=C2CN(C(=O)CN2CCC2)c2ccccc23)cc1Br. The highest BCUT2D eigenvalue weighted by atomic mass is 79.9. The number of hydrogen-bond acceptors (Lipinski definition) is 4. The Kier molecular flexibility index (Phi) is 5.19. The van der Waals surface area contributed by atoms with E-state index in [2.05, 4.69) is 31.5 Å². The molecule has 1 fully saturated rings. The van der Waals surface area contributed by atoms with Crippen LogP contribution in [-0.4, -0.2) is 50.1 Å². The summed E-state index contributed by atoms with van der Waals surface area (Å²) in [6.07, 6.45) is 1.14. The lowest BCUT2D eigenvalue weighted by atomic mass is 9.88. The molecule has 160 valence electrons. The number of carbonyl (C=O) groups is 2. The first-order valence-corrected chi connectivity index (χ1v) is 11.1. The van der Waals surface area contributed by atoms with Crippen molar-refractivity contribution in [3.8, 4) is 5.75 Å². The molecule has 3 aliphatic rings. The van der Waals surface area contributed by atoms with Crippen molar-refractivity contribution in [1.29, 1.82) is 0 Å². The molecule has 31 heavy (non-hydrogen) atoms. The first kappa shape index (κ1) is 20.1. The summed E-state index contributed by atoms with van der Waals surface area (Å²) in [4.78, 5) is 29.8. The molecular weight excluding hydrogens is 460 g/mol. The molecule has 0 radical (unpaired) electrons. The van der Waals surface area contributed by atoms with Crippen molar-refractivity contribution in [2.45, 2.75) is 12.5 Å². The van der Waals surface area contributed by atoms with E-state index in [-0.39, 0.29) is 18.0 Å². The summed E-state index contributed by atoms with van der Waals surface area (Å²) in [5.74, 6) is 0.795. The number of halogens is 1. The van der Waals surface area contributed by atoms with Gasteiger partial charge < -0.3 is 20.3 Å². The Morgan fingerprint density at radius 1 is 1.23 bits per heavy atom. The van der Waals surface area contributed by atoms with Gasteiger partial charge in [0.25, 0.3) is 0 Å². The van der Waals surface area contributed by atoms with E-state index in [4.69, 9.17) is 4.74 Å². The van der Waals surface area contributed by atoms with Gasteiger partial charge in [-0.05, 0) is 59.2 Å². The lowest BCUT2D eigenvalue weighted by molar-refractivity contribution is -0.120. The zero-order chi connectivity index (χ0) is 21.5. The Bertz CT molecular complexity index is 1100. The summed E-state index contributed by atoms with van der Waals surface area (Å²) in [6.45, 7) is 2.76. The average molecular weight is 483 g/mol. The number of nitrogens with zero attached hydrogens (tertiary/aromatic N) is 2. The number of hydrogen-bond donors (Lipinski definition) is 2. The number of methoxy groups -OCH3 is 1. The minimum absolute atomic E-state index is 0.0743. The maximum Gasteiger partial charge on any atom is 0.320 e. The summed E-state index contributed by atoms with van der Waals surface area (Å²) < 4.78 is 6.16. The Balaban J connectivity index is 1.56. The fraction of sp³-hybridized carbons (Fsp3) is 0.304. The molecule has 7 nitrogen and oxygen atoms in total. The number of urea groups is 1. The number of rotatable bonds is 4. The third kappa shape index (κ3) is 3.59. The van der Waals surface area contributed by atoms with Gasteiger partial charge in [-0.1, -0.05) is 24.3 Å². The van der Waals surface area contributed by atoms with Crippen LogP contribution in [-0.2, 0) is 4.79 Å². The third-order valence-corrected chi connectivity index (χ3v) is 6.71. The quantitative estimate of drug-likeness (QED) is 0.701. The number of ether oxygens (including phenoxy) is 1. The third-order valence-electron chi connectivity index (χ3n) is 6.09. The molecule has 2 N–H and O–H groups in total. The number of para-hydroxylation sites is 1. The highest BCUT2D eigenvalue weighted by Crippen LogP contribution is 2.41. The molecule has 0 aliphatic carbocycles. The van der Waals surface area contributed by atoms with Crippen LogP contribution in [0.3, 0.4) is 0 Å².